The van der Waals surface area contributed by atoms with Crippen LogP contribution >= 0.6 is 0 Å². The van der Waals surface area contributed by atoms with Gasteiger partial charge in [-0.05, 0) is 35.6 Å². The number of para-hydroxylation sites is 1. The van der Waals surface area contributed by atoms with Gasteiger partial charge in [-0.3, -0.25) is 4.98 Å². The van der Waals surface area contributed by atoms with E-state index in [1.54, 1.807) is 0 Å². The Bertz CT molecular complexity index is 806. The van der Waals surface area contributed by atoms with Gasteiger partial charge in [0.2, 0.25) is 0 Å². The molecule has 98 valence electrons. The van der Waals surface area contributed by atoms with Crippen molar-refractivity contribution in [3.8, 4) is 0 Å². The van der Waals surface area contributed by atoms with Gasteiger partial charge >= 0.3 is 0 Å². The molecule has 0 saturated carbocycles. The van der Waals surface area contributed by atoms with Crippen LogP contribution in [0, 0.1) is 0 Å². The summed E-state index contributed by atoms with van der Waals surface area (Å²) in [6, 6.07) is 16.8. The molecule has 0 saturated heterocycles. The minimum Gasteiger partial charge on any atom is -0.398 e. The largest absolute Gasteiger partial charge is 0.398 e. The maximum absolute atomic E-state index is 6.40. The maximum atomic E-state index is 6.40. The van der Waals surface area contributed by atoms with Crippen LogP contribution in [0.25, 0.3) is 10.9 Å². The normalized spacial score (nSPS) is 13.6. The first kappa shape index (κ1) is 11.5. The van der Waals surface area contributed by atoms with E-state index in [0.717, 1.165) is 41.5 Å². The van der Waals surface area contributed by atoms with E-state index in [9.17, 15) is 0 Å². The van der Waals surface area contributed by atoms with Crippen LogP contribution in [0.15, 0.2) is 48.5 Å². The van der Waals surface area contributed by atoms with Crippen LogP contribution < -0.4 is 5.73 Å². The van der Waals surface area contributed by atoms with Crippen LogP contribution in [0.1, 0.15) is 22.4 Å². The number of hydrogen-bond donors (Lipinski definition) is 1. The lowest BCUT2D eigenvalue weighted by Crippen LogP contribution is -2.03. The van der Waals surface area contributed by atoms with Crippen molar-refractivity contribution in [3.63, 3.8) is 0 Å². The van der Waals surface area contributed by atoms with Crippen LogP contribution in [0.4, 0.5) is 5.69 Å². The van der Waals surface area contributed by atoms with Crippen LogP contribution in [-0.4, -0.2) is 4.98 Å². The Morgan fingerprint density at radius 2 is 1.60 bits per heavy atom. The first-order chi connectivity index (χ1) is 9.83. The van der Waals surface area contributed by atoms with E-state index in [-0.39, 0.29) is 0 Å². The highest BCUT2D eigenvalue weighted by Gasteiger charge is 2.18. The number of aryl methyl sites for hydroxylation is 1. The smallest absolute Gasteiger partial charge is 0.0726 e. The van der Waals surface area contributed by atoms with Crippen LogP contribution in [0.5, 0.6) is 0 Å². The highest BCUT2D eigenvalue weighted by Crippen LogP contribution is 2.31. The van der Waals surface area contributed by atoms with E-state index in [4.69, 9.17) is 10.7 Å². The zero-order valence-corrected chi connectivity index (χ0v) is 11.3. The fraction of sp³-hybridized carbons (Fsp3) is 0.167. The van der Waals surface area contributed by atoms with Gasteiger partial charge < -0.3 is 5.73 Å². The Hall–Kier alpha value is -2.35. The Morgan fingerprint density at radius 3 is 2.50 bits per heavy atom. The molecular weight excluding hydrogens is 244 g/mol. The zero-order chi connectivity index (χ0) is 13.5. The topological polar surface area (TPSA) is 38.9 Å². The Morgan fingerprint density at radius 1 is 0.850 bits per heavy atom. The van der Waals surface area contributed by atoms with E-state index in [0.29, 0.717) is 0 Å². The van der Waals surface area contributed by atoms with Crippen molar-refractivity contribution in [2.75, 3.05) is 5.73 Å². The second kappa shape index (κ2) is 4.34. The predicted octanol–water partition coefficient (Wildman–Crippen LogP) is 3.51. The predicted molar refractivity (Wildman–Crippen MR) is 82.8 cm³/mol. The molecule has 2 heteroatoms. The third-order valence-corrected chi connectivity index (χ3v) is 4.24. The molecule has 2 N–H and O–H groups in total. The molecule has 0 bridgehead atoms. The van der Waals surface area contributed by atoms with Gasteiger partial charge in [-0.25, -0.2) is 0 Å². The van der Waals surface area contributed by atoms with Gasteiger partial charge in [-0.15, -0.1) is 0 Å². The summed E-state index contributed by atoms with van der Waals surface area (Å²) in [6.07, 6.45) is 2.92. The molecule has 0 radical (unpaired) electrons. The van der Waals surface area contributed by atoms with Crippen molar-refractivity contribution >= 4 is 16.6 Å². The first-order valence-electron chi connectivity index (χ1n) is 7.05. The summed E-state index contributed by atoms with van der Waals surface area (Å²) in [7, 11) is 0. The zero-order valence-electron chi connectivity index (χ0n) is 11.3. The Kier molecular flexibility index (Phi) is 2.49. The first-order valence-corrected chi connectivity index (χ1v) is 7.05. The molecule has 2 nitrogen and oxygen atoms in total. The van der Waals surface area contributed by atoms with Crippen molar-refractivity contribution in [1.29, 1.82) is 0 Å². The lowest BCUT2D eigenvalue weighted by molar-refractivity contribution is 0.961. The summed E-state index contributed by atoms with van der Waals surface area (Å²) < 4.78 is 0. The molecule has 4 rings (SSSR count). The number of pyridine rings is 1. The average Bonchev–Trinajstić information content (AvgIpc) is 2.66. The molecule has 0 aliphatic heterocycles. The molecular formula is C18H16N2. The number of rotatable bonds is 0. The SMILES string of the molecule is Nc1c2c(nc3ccccc13)Cc1ccccc1CC2. The van der Waals surface area contributed by atoms with Crippen molar-refractivity contribution in [2.24, 2.45) is 0 Å². The van der Waals surface area contributed by atoms with Crippen molar-refractivity contribution in [1.82, 2.24) is 4.98 Å². The number of hydrogen-bond acceptors (Lipinski definition) is 2. The monoisotopic (exact) mass is 260 g/mol. The number of nitrogen functional groups attached to an aromatic ring is 1. The van der Waals surface area contributed by atoms with E-state index >= 15 is 0 Å². The molecule has 0 fully saturated rings. The quantitative estimate of drug-likeness (QED) is 0.672. The number of nitrogens with zero attached hydrogens (tertiary/aromatic N) is 1. The molecule has 0 spiro atoms. The summed E-state index contributed by atoms with van der Waals surface area (Å²) in [5.74, 6) is 0. The molecule has 2 aromatic carbocycles. The summed E-state index contributed by atoms with van der Waals surface area (Å²) in [6.45, 7) is 0. The van der Waals surface area contributed by atoms with Crippen molar-refractivity contribution in [3.05, 3.63) is 70.9 Å². The van der Waals surface area contributed by atoms with E-state index in [1.165, 1.54) is 16.7 Å². The molecule has 1 heterocycles. The highest BCUT2D eigenvalue weighted by molar-refractivity contribution is 5.92. The van der Waals surface area contributed by atoms with Crippen molar-refractivity contribution in [2.45, 2.75) is 19.3 Å². The van der Waals surface area contributed by atoms with E-state index in [1.807, 2.05) is 18.2 Å². The molecule has 20 heavy (non-hydrogen) atoms. The number of aromatic nitrogens is 1. The minimum absolute atomic E-state index is 0.889. The van der Waals surface area contributed by atoms with Crippen LogP contribution in [0.2, 0.25) is 0 Å². The molecule has 0 amide bonds. The fourth-order valence-electron chi connectivity index (χ4n) is 3.17. The number of nitrogens with two attached hydrogens (primary N) is 1. The molecule has 1 aliphatic rings. The van der Waals surface area contributed by atoms with Crippen LogP contribution in [0.3, 0.4) is 0 Å². The second-order valence-electron chi connectivity index (χ2n) is 5.41. The third-order valence-electron chi connectivity index (χ3n) is 4.24. The van der Waals surface area contributed by atoms with Gasteiger partial charge in [0.15, 0.2) is 0 Å². The van der Waals surface area contributed by atoms with Gasteiger partial charge in [-0.1, -0.05) is 42.5 Å². The summed E-state index contributed by atoms with van der Waals surface area (Å²) in [4.78, 5) is 4.86. The molecule has 1 aromatic heterocycles. The van der Waals surface area contributed by atoms with Gasteiger partial charge in [0.1, 0.15) is 0 Å². The lowest BCUT2D eigenvalue weighted by atomic mass is 10.0. The molecule has 0 atom stereocenters. The second-order valence-corrected chi connectivity index (χ2v) is 5.41. The Balaban J connectivity index is 1.96. The minimum atomic E-state index is 0.889. The molecule has 3 aromatic rings. The molecule has 0 unspecified atom stereocenters. The fourth-order valence-corrected chi connectivity index (χ4v) is 3.17. The van der Waals surface area contributed by atoms with Crippen LogP contribution in [-0.2, 0) is 19.3 Å². The standard InChI is InChI=1S/C18H16N2/c19-18-14-7-3-4-8-16(14)20-17-11-13-6-2-1-5-12(13)9-10-15(17)18/h1-8H,9-11H2,(H2,19,20). The Labute approximate surface area is 118 Å². The average molecular weight is 260 g/mol. The summed E-state index contributed by atoms with van der Waals surface area (Å²) >= 11 is 0. The van der Waals surface area contributed by atoms with Gasteiger partial charge in [0, 0.05) is 17.5 Å². The third kappa shape index (κ3) is 1.68. The highest BCUT2D eigenvalue weighted by atomic mass is 14.7. The van der Waals surface area contributed by atoms with Gasteiger partial charge in [-0.2, -0.15) is 0 Å². The number of benzene rings is 2. The number of anilines is 1. The maximum Gasteiger partial charge on any atom is 0.0726 e. The number of fused-ring (bicyclic) bond motifs is 3. The van der Waals surface area contributed by atoms with E-state index < -0.39 is 0 Å². The molecule has 1 aliphatic carbocycles. The summed E-state index contributed by atoms with van der Waals surface area (Å²) in [5.41, 5.74) is 13.5. The summed E-state index contributed by atoms with van der Waals surface area (Å²) in [5, 5.41) is 1.08. The lowest BCUT2D eigenvalue weighted by Gasteiger charge is -2.11. The van der Waals surface area contributed by atoms with Crippen molar-refractivity contribution < 1.29 is 0 Å². The van der Waals surface area contributed by atoms with Gasteiger partial charge in [0.25, 0.3) is 0 Å². The van der Waals surface area contributed by atoms with Gasteiger partial charge in [0.05, 0.1) is 11.2 Å². The van der Waals surface area contributed by atoms with E-state index in [2.05, 4.69) is 30.3 Å².